The third kappa shape index (κ3) is 5.62. The highest BCUT2D eigenvalue weighted by Crippen LogP contribution is 2.39. The Labute approximate surface area is 190 Å². The van der Waals surface area contributed by atoms with E-state index in [-0.39, 0.29) is 38.5 Å². The molecule has 2 aromatic carbocycles. The zero-order valence-electron chi connectivity index (χ0n) is 17.2. The van der Waals surface area contributed by atoms with Crippen LogP contribution in [-0.2, 0) is 12.4 Å². The lowest BCUT2D eigenvalue weighted by atomic mass is 9.75. The summed E-state index contributed by atoms with van der Waals surface area (Å²) in [6.45, 7) is -0.0542. The number of carbonyl (C=O) groups excluding carboxylic acids is 1. The van der Waals surface area contributed by atoms with Gasteiger partial charge >= 0.3 is 12.4 Å². The molecule has 2 aromatic rings. The van der Waals surface area contributed by atoms with E-state index in [0.717, 1.165) is 4.90 Å². The first-order chi connectivity index (χ1) is 15.2. The van der Waals surface area contributed by atoms with Crippen molar-refractivity contribution in [3.8, 4) is 0 Å². The van der Waals surface area contributed by atoms with E-state index in [2.05, 4.69) is 0 Å². The molecular weight excluding hydrogens is 474 g/mol. The summed E-state index contributed by atoms with van der Waals surface area (Å²) < 4.78 is 78.7. The van der Waals surface area contributed by atoms with Gasteiger partial charge in [-0.05, 0) is 48.7 Å². The first-order valence-electron chi connectivity index (χ1n) is 10.0. The van der Waals surface area contributed by atoms with Gasteiger partial charge in [0.15, 0.2) is 0 Å². The smallest absolute Gasteiger partial charge is 0.389 e. The lowest BCUT2D eigenvalue weighted by Gasteiger charge is -2.43. The van der Waals surface area contributed by atoms with E-state index < -0.39 is 46.5 Å². The van der Waals surface area contributed by atoms with Gasteiger partial charge in [0.2, 0.25) is 0 Å². The van der Waals surface area contributed by atoms with E-state index in [4.69, 9.17) is 17.3 Å². The number of halogens is 7. The topological polar surface area (TPSA) is 66.6 Å². The maximum absolute atomic E-state index is 13.1. The minimum absolute atomic E-state index is 0.0252. The van der Waals surface area contributed by atoms with Crippen molar-refractivity contribution in [3.05, 3.63) is 69.7 Å². The molecule has 0 radical (unpaired) electrons. The summed E-state index contributed by atoms with van der Waals surface area (Å²) in [5.41, 5.74) is 1.42. The Bertz CT molecular complexity index is 984. The number of alkyl halides is 6. The second-order valence-corrected chi connectivity index (χ2v) is 8.47. The number of aliphatic hydroxyl groups is 1. The summed E-state index contributed by atoms with van der Waals surface area (Å²) in [4.78, 5) is 13.9. The summed E-state index contributed by atoms with van der Waals surface area (Å²) >= 11 is 6.02. The van der Waals surface area contributed by atoms with Crippen LogP contribution in [0.15, 0.2) is 42.5 Å². The van der Waals surface area contributed by atoms with Crippen molar-refractivity contribution in [3.63, 3.8) is 0 Å². The molecule has 1 atom stereocenters. The van der Waals surface area contributed by atoms with Crippen LogP contribution in [0.25, 0.3) is 0 Å². The molecule has 33 heavy (non-hydrogen) atoms. The molecule has 1 amide bonds. The third-order valence-corrected chi connectivity index (χ3v) is 6.12. The second kappa shape index (κ2) is 9.15. The Hall–Kier alpha value is -2.30. The molecule has 0 aliphatic carbocycles. The molecule has 11 heteroatoms. The zero-order valence-corrected chi connectivity index (χ0v) is 17.9. The average Bonchev–Trinajstić information content (AvgIpc) is 2.73. The molecule has 1 fully saturated rings. The van der Waals surface area contributed by atoms with Gasteiger partial charge < -0.3 is 15.7 Å². The highest BCUT2D eigenvalue weighted by molar-refractivity contribution is 6.30. The third-order valence-electron chi connectivity index (χ3n) is 5.89. The van der Waals surface area contributed by atoms with Gasteiger partial charge in [0.1, 0.15) is 0 Å². The number of rotatable bonds is 4. The van der Waals surface area contributed by atoms with Crippen LogP contribution < -0.4 is 5.73 Å². The van der Waals surface area contributed by atoms with Crippen LogP contribution in [0, 0.1) is 0 Å². The Balaban J connectivity index is 1.83. The van der Waals surface area contributed by atoms with Gasteiger partial charge in [-0.15, -0.1) is 0 Å². The largest absolute Gasteiger partial charge is 0.416 e. The van der Waals surface area contributed by atoms with Gasteiger partial charge in [0.25, 0.3) is 5.91 Å². The van der Waals surface area contributed by atoms with Gasteiger partial charge in [0.05, 0.1) is 16.7 Å². The number of likely N-dealkylation sites (tertiary alicyclic amines) is 1. The SMILES string of the molecule is NCC(c1cccc(Cl)c1)C1(O)CCN(C(=O)c2cc(C(F)(F)F)cc(C(F)(F)F)c2)CC1. The number of nitrogens with two attached hydrogens (primary N) is 1. The quantitative estimate of drug-likeness (QED) is 0.582. The van der Waals surface area contributed by atoms with Crippen LogP contribution >= 0.6 is 11.6 Å². The van der Waals surface area contributed by atoms with Crippen molar-refractivity contribution < 1.29 is 36.2 Å². The number of carbonyl (C=O) groups is 1. The molecule has 1 saturated heterocycles. The van der Waals surface area contributed by atoms with Crippen LogP contribution in [0.5, 0.6) is 0 Å². The lowest BCUT2D eigenvalue weighted by Crippen LogP contribution is -2.51. The molecule has 1 unspecified atom stereocenters. The maximum atomic E-state index is 13.1. The molecule has 0 aromatic heterocycles. The molecule has 1 aliphatic rings. The van der Waals surface area contributed by atoms with E-state index in [1.54, 1.807) is 24.3 Å². The summed E-state index contributed by atoms with van der Waals surface area (Å²) in [5.74, 6) is -1.49. The van der Waals surface area contributed by atoms with E-state index in [1.807, 2.05) is 0 Å². The summed E-state index contributed by atoms with van der Waals surface area (Å²) in [5, 5.41) is 11.6. The Kier molecular flexibility index (Phi) is 7.02. The fourth-order valence-corrected chi connectivity index (χ4v) is 4.29. The fourth-order valence-electron chi connectivity index (χ4n) is 4.10. The van der Waals surface area contributed by atoms with Gasteiger partial charge in [-0.3, -0.25) is 4.79 Å². The molecule has 1 heterocycles. The minimum atomic E-state index is -5.05. The lowest BCUT2D eigenvalue weighted by molar-refractivity contribution is -0.143. The highest BCUT2D eigenvalue weighted by Gasteiger charge is 2.42. The normalized spacial score (nSPS) is 17.7. The molecule has 0 saturated carbocycles. The minimum Gasteiger partial charge on any atom is -0.389 e. The Morgan fingerprint density at radius 2 is 1.58 bits per heavy atom. The highest BCUT2D eigenvalue weighted by atomic mass is 35.5. The number of hydrogen-bond acceptors (Lipinski definition) is 3. The second-order valence-electron chi connectivity index (χ2n) is 8.03. The number of nitrogens with zero attached hydrogens (tertiary/aromatic N) is 1. The van der Waals surface area contributed by atoms with Crippen molar-refractivity contribution in [1.82, 2.24) is 4.90 Å². The molecule has 180 valence electrons. The van der Waals surface area contributed by atoms with E-state index in [1.165, 1.54) is 0 Å². The van der Waals surface area contributed by atoms with Crippen LogP contribution in [0.3, 0.4) is 0 Å². The maximum Gasteiger partial charge on any atom is 0.416 e. The van der Waals surface area contributed by atoms with Crippen molar-refractivity contribution in [2.75, 3.05) is 19.6 Å². The molecule has 4 nitrogen and oxygen atoms in total. The van der Waals surface area contributed by atoms with Crippen molar-refractivity contribution in [2.45, 2.75) is 36.7 Å². The Morgan fingerprint density at radius 1 is 1.03 bits per heavy atom. The fraction of sp³-hybridized carbons (Fsp3) is 0.409. The van der Waals surface area contributed by atoms with E-state index >= 15 is 0 Å². The van der Waals surface area contributed by atoms with Crippen LogP contribution in [0.1, 0.15) is 45.8 Å². The summed E-state index contributed by atoms with van der Waals surface area (Å²) in [7, 11) is 0. The molecule has 0 bridgehead atoms. The average molecular weight is 495 g/mol. The zero-order chi connectivity index (χ0) is 24.6. The number of amides is 1. The predicted molar refractivity (Wildman–Crippen MR) is 110 cm³/mol. The predicted octanol–water partition coefficient (Wildman–Crippen LogP) is 5.09. The van der Waals surface area contributed by atoms with Crippen LogP contribution in [0.4, 0.5) is 26.3 Å². The van der Waals surface area contributed by atoms with Gasteiger partial charge in [0, 0.05) is 36.1 Å². The Morgan fingerprint density at radius 3 is 2.03 bits per heavy atom. The number of hydrogen-bond donors (Lipinski definition) is 2. The van der Waals surface area contributed by atoms with Crippen LogP contribution in [0.2, 0.25) is 5.02 Å². The van der Waals surface area contributed by atoms with Crippen LogP contribution in [-0.4, -0.2) is 41.1 Å². The van der Waals surface area contributed by atoms with Crippen molar-refractivity contribution in [2.24, 2.45) is 5.73 Å². The molecular formula is C22H21ClF6N2O2. The number of piperidine rings is 1. The van der Waals surface area contributed by atoms with Crippen molar-refractivity contribution >= 4 is 17.5 Å². The monoisotopic (exact) mass is 494 g/mol. The molecule has 3 N–H and O–H groups in total. The molecule has 0 spiro atoms. The summed E-state index contributed by atoms with van der Waals surface area (Å²) in [6, 6.07) is 7.57. The van der Waals surface area contributed by atoms with E-state index in [9.17, 15) is 36.2 Å². The van der Waals surface area contributed by atoms with E-state index in [0.29, 0.717) is 22.7 Å². The van der Waals surface area contributed by atoms with Crippen molar-refractivity contribution in [1.29, 1.82) is 0 Å². The van der Waals surface area contributed by atoms with Gasteiger partial charge in [-0.1, -0.05) is 23.7 Å². The van der Waals surface area contributed by atoms with Gasteiger partial charge in [-0.2, -0.15) is 26.3 Å². The first-order valence-corrected chi connectivity index (χ1v) is 10.4. The van der Waals surface area contributed by atoms with Gasteiger partial charge in [-0.25, -0.2) is 0 Å². The molecule has 3 rings (SSSR count). The summed E-state index contributed by atoms with van der Waals surface area (Å²) in [6.07, 6.45) is -10.0. The first kappa shape index (κ1) is 25.3. The number of benzene rings is 2. The standard InChI is InChI=1S/C22H21ClF6N2O2/c23-17-3-1-2-13(10-17)18(12-30)20(33)4-6-31(7-5-20)19(32)14-8-15(21(24,25)26)11-16(9-14)22(27,28)29/h1-3,8-11,18,33H,4-7,12,30H2. The molecule has 1 aliphatic heterocycles.